The Hall–Kier alpha value is -1.94. The standard InChI is InChI=1S/C13H19F5N2O4/c1-2-3-8-24-10(22)5-7-19-9(21)4-6-20-11(23)12(14,15)13(16,17)18/h2-8H2,1H3,(H,19,21)(H,20,23). The van der Waals surface area contributed by atoms with Gasteiger partial charge in [-0.2, -0.15) is 22.0 Å². The summed E-state index contributed by atoms with van der Waals surface area (Å²) in [6.07, 6.45) is -5.06. The fourth-order valence-corrected chi connectivity index (χ4v) is 1.32. The van der Waals surface area contributed by atoms with Crippen LogP contribution in [0.4, 0.5) is 22.0 Å². The average molecular weight is 362 g/mol. The Kier molecular flexibility index (Phi) is 9.22. The molecule has 0 aromatic carbocycles. The number of hydrogen-bond acceptors (Lipinski definition) is 4. The lowest BCUT2D eigenvalue weighted by molar-refractivity contribution is -0.269. The number of esters is 1. The van der Waals surface area contributed by atoms with Gasteiger partial charge in [-0.15, -0.1) is 0 Å². The number of amides is 2. The van der Waals surface area contributed by atoms with E-state index in [1.807, 2.05) is 6.92 Å². The first kappa shape index (κ1) is 22.1. The maximum absolute atomic E-state index is 12.6. The Morgan fingerprint density at radius 3 is 2.08 bits per heavy atom. The van der Waals surface area contributed by atoms with Crippen LogP contribution in [0.15, 0.2) is 0 Å². The fourth-order valence-electron chi connectivity index (χ4n) is 1.32. The zero-order valence-electron chi connectivity index (χ0n) is 13.0. The second-order valence-electron chi connectivity index (χ2n) is 4.75. The summed E-state index contributed by atoms with van der Waals surface area (Å²) in [5.41, 5.74) is 0. The second-order valence-corrected chi connectivity index (χ2v) is 4.75. The molecule has 2 N–H and O–H groups in total. The predicted octanol–water partition coefficient (Wildman–Crippen LogP) is 1.54. The van der Waals surface area contributed by atoms with E-state index < -0.39 is 42.8 Å². The van der Waals surface area contributed by atoms with Crippen molar-refractivity contribution < 1.29 is 41.1 Å². The molecule has 0 atom stereocenters. The number of ether oxygens (including phenoxy) is 1. The normalized spacial score (nSPS) is 11.8. The summed E-state index contributed by atoms with van der Waals surface area (Å²) in [7, 11) is 0. The van der Waals surface area contributed by atoms with Gasteiger partial charge in [-0.25, -0.2) is 0 Å². The predicted molar refractivity (Wildman–Crippen MR) is 72.1 cm³/mol. The summed E-state index contributed by atoms with van der Waals surface area (Å²) in [5.74, 6) is -9.29. The van der Waals surface area contributed by atoms with E-state index in [-0.39, 0.29) is 19.6 Å². The minimum absolute atomic E-state index is 0.0730. The van der Waals surface area contributed by atoms with Gasteiger partial charge in [-0.05, 0) is 6.42 Å². The number of halogens is 5. The molecule has 0 heterocycles. The Balaban J connectivity index is 3.92. The molecule has 0 bridgehead atoms. The van der Waals surface area contributed by atoms with E-state index in [1.165, 1.54) is 5.32 Å². The minimum Gasteiger partial charge on any atom is -0.466 e. The van der Waals surface area contributed by atoms with E-state index in [4.69, 9.17) is 4.74 Å². The van der Waals surface area contributed by atoms with Crippen molar-refractivity contribution in [3.05, 3.63) is 0 Å². The van der Waals surface area contributed by atoms with Gasteiger partial charge in [0.25, 0.3) is 5.91 Å². The number of rotatable bonds is 10. The summed E-state index contributed by atoms with van der Waals surface area (Å²) in [6.45, 7) is 1.41. The number of hydrogen-bond donors (Lipinski definition) is 2. The average Bonchev–Trinajstić information content (AvgIpc) is 2.46. The van der Waals surface area contributed by atoms with Gasteiger partial charge in [0.05, 0.1) is 13.0 Å². The van der Waals surface area contributed by atoms with Crippen LogP contribution in [-0.2, 0) is 19.1 Å². The molecule has 0 rings (SSSR count). The molecule has 11 heteroatoms. The SMILES string of the molecule is CCCCOC(=O)CCNC(=O)CCNC(=O)C(F)(F)C(F)(F)F. The van der Waals surface area contributed by atoms with E-state index >= 15 is 0 Å². The first-order valence-electron chi connectivity index (χ1n) is 7.17. The molecule has 24 heavy (non-hydrogen) atoms. The van der Waals surface area contributed by atoms with Gasteiger partial charge in [0.1, 0.15) is 0 Å². The zero-order valence-corrected chi connectivity index (χ0v) is 13.0. The Bertz CT molecular complexity index is 441. The molecule has 0 unspecified atom stereocenters. The molecule has 0 radical (unpaired) electrons. The molecule has 140 valence electrons. The highest BCUT2D eigenvalue weighted by molar-refractivity contribution is 5.85. The highest BCUT2D eigenvalue weighted by atomic mass is 19.4. The maximum Gasteiger partial charge on any atom is 0.463 e. The van der Waals surface area contributed by atoms with Crippen molar-refractivity contribution in [2.45, 2.75) is 44.7 Å². The van der Waals surface area contributed by atoms with Crippen LogP contribution in [-0.4, -0.2) is 49.6 Å². The summed E-state index contributed by atoms with van der Waals surface area (Å²) in [4.78, 5) is 33.2. The Morgan fingerprint density at radius 2 is 1.54 bits per heavy atom. The highest BCUT2D eigenvalue weighted by Crippen LogP contribution is 2.35. The number of nitrogens with one attached hydrogen (secondary N) is 2. The first-order chi connectivity index (χ1) is 11.0. The monoisotopic (exact) mass is 362 g/mol. The van der Waals surface area contributed by atoms with Crippen LogP contribution in [0.1, 0.15) is 32.6 Å². The molecule has 6 nitrogen and oxygen atoms in total. The van der Waals surface area contributed by atoms with Gasteiger partial charge in [0.2, 0.25) is 5.91 Å². The van der Waals surface area contributed by atoms with Crippen molar-refractivity contribution in [1.29, 1.82) is 0 Å². The molecule has 2 amide bonds. The largest absolute Gasteiger partial charge is 0.466 e. The third-order valence-corrected chi connectivity index (χ3v) is 2.69. The smallest absolute Gasteiger partial charge is 0.463 e. The van der Waals surface area contributed by atoms with E-state index in [1.54, 1.807) is 0 Å². The molecule has 0 fully saturated rings. The summed E-state index contributed by atoms with van der Waals surface area (Å²) >= 11 is 0. The minimum atomic E-state index is -6.00. The van der Waals surface area contributed by atoms with E-state index in [0.717, 1.165) is 6.42 Å². The molecule has 0 saturated carbocycles. The van der Waals surface area contributed by atoms with Crippen LogP contribution >= 0.6 is 0 Å². The number of unbranched alkanes of at least 4 members (excludes halogenated alkanes) is 1. The zero-order chi connectivity index (χ0) is 18.8. The summed E-state index contributed by atoms with van der Waals surface area (Å²) in [6, 6.07) is 0. The summed E-state index contributed by atoms with van der Waals surface area (Å²) < 4.78 is 65.6. The van der Waals surface area contributed by atoms with Crippen LogP contribution in [0.2, 0.25) is 0 Å². The molecule has 0 aromatic rings. The first-order valence-corrected chi connectivity index (χ1v) is 7.17. The van der Waals surface area contributed by atoms with Crippen LogP contribution in [0.3, 0.4) is 0 Å². The van der Waals surface area contributed by atoms with E-state index in [0.29, 0.717) is 6.42 Å². The molecule has 0 saturated heterocycles. The van der Waals surface area contributed by atoms with Crippen molar-refractivity contribution in [2.75, 3.05) is 19.7 Å². The molecule has 0 aliphatic rings. The summed E-state index contributed by atoms with van der Waals surface area (Å²) in [5, 5.41) is 3.58. The number of carbonyl (C=O) groups is 3. The van der Waals surface area contributed by atoms with Crippen molar-refractivity contribution >= 4 is 17.8 Å². The van der Waals surface area contributed by atoms with Crippen LogP contribution in [0.5, 0.6) is 0 Å². The highest BCUT2D eigenvalue weighted by Gasteiger charge is 2.63. The lowest BCUT2D eigenvalue weighted by Crippen LogP contribution is -2.50. The number of alkyl halides is 5. The molecule has 0 aromatic heterocycles. The molecular weight excluding hydrogens is 343 g/mol. The van der Waals surface area contributed by atoms with Crippen LogP contribution in [0.25, 0.3) is 0 Å². The molecular formula is C13H19F5N2O4. The topological polar surface area (TPSA) is 84.5 Å². The van der Waals surface area contributed by atoms with E-state index in [9.17, 15) is 36.3 Å². The second kappa shape index (κ2) is 10.0. The molecule has 0 aliphatic carbocycles. The van der Waals surface area contributed by atoms with Gasteiger partial charge in [-0.3, -0.25) is 14.4 Å². The van der Waals surface area contributed by atoms with Gasteiger partial charge in [0, 0.05) is 19.5 Å². The lowest BCUT2D eigenvalue weighted by atomic mass is 10.3. The third kappa shape index (κ3) is 8.06. The lowest BCUT2D eigenvalue weighted by Gasteiger charge is -2.18. The van der Waals surface area contributed by atoms with Crippen molar-refractivity contribution in [3.8, 4) is 0 Å². The Morgan fingerprint density at radius 1 is 0.958 bits per heavy atom. The van der Waals surface area contributed by atoms with Gasteiger partial charge >= 0.3 is 18.1 Å². The van der Waals surface area contributed by atoms with Gasteiger partial charge in [0.15, 0.2) is 0 Å². The fraction of sp³-hybridized carbons (Fsp3) is 0.769. The number of carbonyl (C=O) groups excluding carboxylic acids is 3. The van der Waals surface area contributed by atoms with E-state index in [2.05, 4.69) is 5.32 Å². The maximum atomic E-state index is 12.6. The van der Waals surface area contributed by atoms with Crippen molar-refractivity contribution in [2.24, 2.45) is 0 Å². The molecule has 0 aliphatic heterocycles. The quantitative estimate of drug-likeness (QED) is 0.351. The van der Waals surface area contributed by atoms with Crippen LogP contribution < -0.4 is 10.6 Å². The van der Waals surface area contributed by atoms with Crippen LogP contribution in [0, 0.1) is 0 Å². The Labute approximate surface area is 135 Å². The van der Waals surface area contributed by atoms with Crippen molar-refractivity contribution in [1.82, 2.24) is 10.6 Å². The van der Waals surface area contributed by atoms with Gasteiger partial charge in [-0.1, -0.05) is 13.3 Å². The van der Waals surface area contributed by atoms with Gasteiger partial charge < -0.3 is 15.4 Å². The molecule has 0 spiro atoms. The third-order valence-electron chi connectivity index (χ3n) is 2.69. The van der Waals surface area contributed by atoms with Crippen molar-refractivity contribution in [3.63, 3.8) is 0 Å².